The van der Waals surface area contributed by atoms with Gasteiger partial charge in [-0.05, 0) is 36.8 Å². The fourth-order valence-corrected chi connectivity index (χ4v) is 6.64. The summed E-state index contributed by atoms with van der Waals surface area (Å²) in [6.07, 6.45) is 0. The van der Waals surface area contributed by atoms with Crippen LogP contribution >= 0.6 is 23.6 Å². The molecule has 0 fully saturated rings. The van der Waals surface area contributed by atoms with E-state index < -0.39 is 10.0 Å². The van der Waals surface area contributed by atoms with Gasteiger partial charge >= 0.3 is 0 Å². The van der Waals surface area contributed by atoms with E-state index in [2.05, 4.69) is 0 Å². The second kappa shape index (κ2) is 7.16. The monoisotopic (exact) mass is 447 g/mol. The summed E-state index contributed by atoms with van der Waals surface area (Å²) in [5.74, 6) is 0. The van der Waals surface area contributed by atoms with Gasteiger partial charge in [-0.25, -0.2) is 12.4 Å². The van der Waals surface area contributed by atoms with E-state index in [9.17, 15) is 8.42 Å². The molecule has 0 saturated carbocycles. The van der Waals surface area contributed by atoms with E-state index in [1.807, 2.05) is 79.7 Å². The number of rotatable bonds is 3. The minimum atomic E-state index is -3.82. The minimum Gasteiger partial charge on any atom is -0.232 e. The third-order valence-electron chi connectivity index (χ3n) is 5.15. The van der Waals surface area contributed by atoms with Crippen molar-refractivity contribution in [2.45, 2.75) is 11.8 Å². The molecule has 0 aliphatic carbocycles. The first-order valence-electron chi connectivity index (χ1n) is 9.42. The molecule has 0 aliphatic heterocycles. The Labute approximate surface area is 183 Å². The van der Waals surface area contributed by atoms with E-state index in [0.717, 1.165) is 30.6 Å². The molecule has 0 saturated heterocycles. The van der Waals surface area contributed by atoms with E-state index in [1.54, 1.807) is 12.1 Å². The number of benzene rings is 3. The van der Waals surface area contributed by atoms with Gasteiger partial charge in [-0.2, -0.15) is 0 Å². The molecule has 2 heterocycles. The summed E-state index contributed by atoms with van der Waals surface area (Å²) < 4.78 is 29.9. The van der Waals surface area contributed by atoms with Crippen LogP contribution in [-0.2, 0) is 10.0 Å². The smallest absolute Gasteiger partial charge is 0.232 e. The third kappa shape index (κ3) is 2.99. The van der Waals surface area contributed by atoms with Crippen molar-refractivity contribution in [1.82, 2.24) is 3.97 Å². The Morgan fingerprint density at radius 3 is 2.23 bits per heavy atom. The number of nitrogens with zero attached hydrogens (tertiary/aromatic N) is 1. The maximum atomic E-state index is 13.8. The van der Waals surface area contributed by atoms with E-state index >= 15 is 0 Å². The molecule has 0 bridgehead atoms. The lowest BCUT2D eigenvalue weighted by Gasteiger charge is -2.12. The highest BCUT2D eigenvalue weighted by Gasteiger charge is 2.25. The molecule has 3 aromatic carbocycles. The Morgan fingerprint density at radius 2 is 1.50 bits per heavy atom. The Kier molecular flexibility index (Phi) is 4.58. The van der Waals surface area contributed by atoms with Gasteiger partial charge in [-0.15, -0.1) is 11.3 Å². The lowest BCUT2D eigenvalue weighted by molar-refractivity contribution is 0.590. The number of para-hydroxylation sites is 1. The van der Waals surface area contributed by atoms with Gasteiger partial charge in [0.2, 0.25) is 0 Å². The minimum absolute atomic E-state index is 0.266. The van der Waals surface area contributed by atoms with Crippen LogP contribution in [0.2, 0.25) is 0 Å². The highest BCUT2D eigenvalue weighted by molar-refractivity contribution is 7.90. The lowest BCUT2D eigenvalue weighted by Crippen LogP contribution is -2.13. The maximum Gasteiger partial charge on any atom is 0.268 e. The molecular weight excluding hydrogens is 430 g/mol. The zero-order chi connectivity index (χ0) is 20.9. The average molecular weight is 448 g/mol. The van der Waals surface area contributed by atoms with Gasteiger partial charge in [0.1, 0.15) is 0 Å². The molecule has 0 spiro atoms. The van der Waals surface area contributed by atoms with Crippen LogP contribution in [0.5, 0.6) is 0 Å². The molecule has 2 aromatic heterocycles. The summed E-state index contributed by atoms with van der Waals surface area (Å²) in [7, 11) is -3.82. The van der Waals surface area contributed by atoms with Gasteiger partial charge in [0.15, 0.2) is 0 Å². The van der Waals surface area contributed by atoms with Crippen LogP contribution in [0, 0.1) is 10.7 Å². The molecule has 6 heteroatoms. The Bertz CT molecular complexity index is 1560. The van der Waals surface area contributed by atoms with Gasteiger partial charge in [-0.1, -0.05) is 78.4 Å². The third-order valence-corrected chi connectivity index (χ3v) is 8.19. The summed E-state index contributed by atoms with van der Waals surface area (Å²) in [4.78, 5) is 1.12. The van der Waals surface area contributed by atoms with Crippen LogP contribution < -0.4 is 0 Å². The first-order chi connectivity index (χ1) is 14.5. The second-order valence-electron chi connectivity index (χ2n) is 7.12. The van der Waals surface area contributed by atoms with Crippen molar-refractivity contribution in [3.8, 4) is 10.4 Å². The van der Waals surface area contributed by atoms with Crippen LogP contribution in [0.1, 0.15) is 5.56 Å². The van der Waals surface area contributed by atoms with Gasteiger partial charge in [0.05, 0.1) is 24.6 Å². The van der Waals surface area contributed by atoms with Gasteiger partial charge < -0.3 is 0 Å². The number of aryl methyl sites for hydroxylation is 1. The van der Waals surface area contributed by atoms with Crippen LogP contribution in [0.4, 0.5) is 0 Å². The predicted octanol–water partition coefficient (Wildman–Crippen LogP) is 6.80. The van der Waals surface area contributed by atoms with Crippen LogP contribution in [0.15, 0.2) is 89.8 Å². The van der Waals surface area contributed by atoms with Crippen molar-refractivity contribution in [3.05, 3.63) is 94.3 Å². The van der Waals surface area contributed by atoms with Crippen molar-refractivity contribution < 1.29 is 8.42 Å². The molecule has 0 aliphatic rings. The molecule has 0 unspecified atom stereocenters. The summed E-state index contributed by atoms with van der Waals surface area (Å²) >= 11 is 6.99. The number of hydrogen-bond donors (Lipinski definition) is 0. The topological polar surface area (TPSA) is 39.1 Å². The predicted molar refractivity (Wildman–Crippen MR) is 127 cm³/mol. The largest absolute Gasteiger partial charge is 0.268 e. The van der Waals surface area contributed by atoms with E-state index in [-0.39, 0.29) is 4.90 Å². The van der Waals surface area contributed by atoms with Crippen molar-refractivity contribution in [3.63, 3.8) is 0 Å². The van der Waals surface area contributed by atoms with E-state index in [4.69, 9.17) is 12.2 Å². The Morgan fingerprint density at radius 1 is 0.833 bits per heavy atom. The van der Waals surface area contributed by atoms with Crippen molar-refractivity contribution in [2.75, 3.05) is 0 Å². The number of aromatic nitrogens is 1. The summed E-state index contributed by atoms with van der Waals surface area (Å²) in [6, 6.07) is 26.3. The molecule has 3 nitrogen and oxygen atoms in total. The molecule has 5 rings (SSSR count). The van der Waals surface area contributed by atoms with Gasteiger partial charge in [-0.3, -0.25) is 0 Å². The van der Waals surface area contributed by atoms with Gasteiger partial charge in [0.25, 0.3) is 10.0 Å². The molecule has 148 valence electrons. The molecule has 0 atom stereocenters. The normalized spacial score (nSPS) is 11.9. The fourth-order valence-electron chi connectivity index (χ4n) is 3.74. The molecule has 0 N–H and O–H groups in total. The first-order valence-corrected chi connectivity index (χ1v) is 12.1. The van der Waals surface area contributed by atoms with E-state index in [0.29, 0.717) is 11.0 Å². The molecule has 0 radical (unpaired) electrons. The fraction of sp³-hybridized carbons (Fsp3) is 0.0417. The average Bonchev–Trinajstić information content (AvgIpc) is 3.09. The van der Waals surface area contributed by atoms with Crippen LogP contribution in [-0.4, -0.2) is 12.4 Å². The quantitative estimate of drug-likeness (QED) is 0.286. The maximum absolute atomic E-state index is 13.8. The highest BCUT2D eigenvalue weighted by Crippen LogP contribution is 2.40. The summed E-state index contributed by atoms with van der Waals surface area (Å²) in [6.45, 7) is 1.94. The zero-order valence-electron chi connectivity index (χ0n) is 16.1. The van der Waals surface area contributed by atoms with Crippen molar-refractivity contribution >= 4 is 55.4 Å². The van der Waals surface area contributed by atoms with Crippen LogP contribution in [0.25, 0.3) is 32.2 Å². The molecule has 30 heavy (non-hydrogen) atoms. The van der Waals surface area contributed by atoms with E-state index in [1.165, 1.54) is 15.3 Å². The number of fused-ring (bicyclic) bond motifs is 3. The van der Waals surface area contributed by atoms with Crippen molar-refractivity contribution in [2.24, 2.45) is 0 Å². The van der Waals surface area contributed by atoms with Crippen LogP contribution in [0.3, 0.4) is 0 Å². The first kappa shape index (κ1) is 19.2. The molecule has 0 amide bonds. The van der Waals surface area contributed by atoms with Crippen molar-refractivity contribution in [1.29, 1.82) is 0 Å². The summed E-state index contributed by atoms with van der Waals surface area (Å²) in [5, 5.41) is 1.73. The Hall–Kier alpha value is -2.80. The number of hydrogen-bond acceptors (Lipinski definition) is 4. The van der Waals surface area contributed by atoms with Gasteiger partial charge in [0, 0.05) is 10.8 Å². The SMILES string of the molecule is Cc1ccc(S(=O)(=O)n2c3ccccc3c3cc(=S)sc(-c4ccccc4)c32)cc1. The molecule has 5 aromatic rings. The zero-order valence-corrected chi connectivity index (χ0v) is 18.5. The standard InChI is InChI=1S/C24H17NO2S3/c1-16-11-13-18(14-12-16)30(26,27)25-21-10-6-5-9-19(21)20-15-22(28)29-24(23(20)25)17-7-3-2-4-8-17/h2-15H,1H3. The lowest BCUT2D eigenvalue weighted by atomic mass is 10.1. The Balaban J connectivity index is 1.99. The summed E-state index contributed by atoms with van der Waals surface area (Å²) in [5.41, 5.74) is 3.28. The second-order valence-corrected chi connectivity index (χ2v) is 10.7. The molecular formula is C24H17NO2S3. The highest BCUT2D eigenvalue weighted by atomic mass is 32.2.